The summed E-state index contributed by atoms with van der Waals surface area (Å²) in [6, 6.07) is 13.3. The van der Waals surface area contributed by atoms with E-state index in [4.69, 9.17) is 24.7 Å². The number of hydrogen-bond acceptors (Lipinski definition) is 8. The molecule has 1 unspecified atom stereocenters. The number of methoxy groups -OCH3 is 3. The Morgan fingerprint density at radius 3 is 2.43 bits per heavy atom. The molecule has 2 aliphatic heterocycles. The molecule has 1 atom stereocenters. The minimum Gasteiger partial charge on any atom is -0.497 e. The SMILES string of the molecule is COc1ccc(NC2=C3Cc4cc(OC)c(OC)cc4OC3(C#N)NC(N)=C2)cc1. The zero-order chi connectivity index (χ0) is 21.3. The van der Waals surface area contributed by atoms with Gasteiger partial charge in [-0.15, -0.1) is 0 Å². The number of benzene rings is 2. The Hall–Kier alpha value is -3.99. The van der Waals surface area contributed by atoms with E-state index in [1.165, 1.54) is 0 Å². The maximum Gasteiger partial charge on any atom is 0.295 e. The lowest BCUT2D eigenvalue weighted by molar-refractivity contribution is 0.120. The van der Waals surface area contributed by atoms with Gasteiger partial charge in [-0.1, -0.05) is 0 Å². The van der Waals surface area contributed by atoms with Gasteiger partial charge in [0.15, 0.2) is 11.5 Å². The summed E-state index contributed by atoms with van der Waals surface area (Å²) in [7, 11) is 4.74. The molecule has 2 aliphatic rings. The lowest BCUT2D eigenvalue weighted by Gasteiger charge is -2.40. The number of allylic oxidation sites excluding steroid dienone is 1. The zero-order valence-electron chi connectivity index (χ0n) is 16.9. The molecule has 0 aromatic heterocycles. The second-order valence-electron chi connectivity index (χ2n) is 6.86. The van der Waals surface area contributed by atoms with Crippen LogP contribution in [-0.4, -0.2) is 27.1 Å². The molecular weight excluding hydrogens is 384 g/mol. The summed E-state index contributed by atoms with van der Waals surface area (Å²) < 4.78 is 22.1. The van der Waals surface area contributed by atoms with Gasteiger partial charge in [0.05, 0.1) is 21.3 Å². The van der Waals surface area contributed by atoms with Crippen molar-refractivity contribution in [1.82, 2.24) is 5.32 Å². The van der Waals surface area contributed by atoms with Crippen LogP contribution < -0.4 is 35.3 Å². The molecule has 4 N–H and O–H groups in total. The van der Waals surface area contributed by atoms with Gasteiger partial charge < -0.3 is 35.3 Å². The normalized spacial score (nSPS) is 19.2. The van der Waals surface area contributed by atoms with E-state index in [2.05, 4.69) is 16.7 Å². The van der Waals surface area contributed by atoms with Crippen LogP contribution >= 0.6 is 0 Å². The molecule has 0 fully saturated rings. The molecule has 30 heavy (non-hydrogen) atoms. The van der Waals surface area contributed by atoms with E-state index in [1.54, 1.807) is 33.5 Å². The highest BCUT2D eigenvalue weighted by Crippen LogP contribution is 2.44. The number of anilines is 1. The topological polar surface area (TPSA) is 111 Å². The van der Waals surface area contributed by atoms with Crippen LogP contribution in [0.1, 0.15) is 5.56 Å². The summed E-state index contributed by atoms with van der Waals surface area (Å²) >= 11 is 0. The molecule has 0 radical (unpaired) electrons. The molecule has 8 nitrogen and oxygen atoms in total. The molecule has 0 spiro atoms. The minimum absolute atomic E-state index is 0.320. The fourth-order valence-corrected chi connectivity index (χ4v) is 3.60. The van der Waals surface area contributed by atoms with Crippen molar-refractivity contribution in [3.8, 4) is 29.1 Å². The third kappa shape index (κ3) is 3.20. The summed E-state index contributed by atoms with van der Waals surface area (Å²) in [5.74, 6) is 2.71. The van der Waals surface area contributed by atoms with Crippen LogP contribution in [0.3, 0.4) is 0 Å². The molecule has 4 rings (SSSR count). The lowest BCUT2D eigenvalue weighted by Crippen LogP contribution is -2.56. The maximum atomic E-state index is 10.0. The van der Waals surface area contributed by atoms with E-state index in [0.717, 1.165) is 22.6 Å². The minimum atomic E-state index is -1.43. The summed E-state index contributed by atoms with van der Waals surface area (Å²) in [6.07, 6.45) is 2.21. The zero-order valence-corrected chi connectivity index (χ0v) is 16.9. The molecule has 0 saturated heterocycles. The number of fused-ring (bicyclic) bond motifs is 2. The van der Waals surface area contributed by atoms with E-state index >= 15 is 0 Å². The Morgan fingerprint density at radius 1 is 1.10 bits per heavy atom. The number of nitriles is 1. The Kier molecular flexibility index (Phi) is 4.80. The van der Waals surface area contributed by atoms with Crippen molar-refractivity contribution in [2.75, 3.05) is 26.6 Å². The van der Waals surface area contributed by atoms with E-state index in [9.17, 15) is 5.26 Å². The Bertz CT molecular complexity index is 1090. The van der Waals surface area contributed by atoms with Crippen LogP contribution in [0.15, 0.2) is 59.6 Å². The second-order valence-corrected chi connectivity index (χ2v) is 6.86. The van der Waals surface area contributed by atoms with Gasteiger partial charge in [0.1, 0.15) is 23.4 Å². The molecule has 2 aromatic rings. The molecule has 2 aromatic carbocycles. The van der Waals surface area contributed by atoms with Gasteiger partial charge in [-0.05, 0) is 30.3 Å². The Morgan fingerprint density at radius 2 is 1.80 bits per heavy atom. The second kappa shape index (κ2) is 7.44. The van der Waals surface area contributed by atoms with E-state index < -0.39 is 5.72 Å². The highest BCUT2D eigenvalue weighted by Gasteiger charge is 2.45. The van der Waals surface area contributed by atoms with Gasteiger partial charge in [0.25, 0.3) is 5.72 Å². The van der Waals surface area contributed by atoms with Crippen molar-refractivity contribution in [1.29, 1.82) is 5.26 Å². The van der Waals surface area contributed by atoms with Gasteiger partial charge in [0, 0.05) is 41.1 Å². The van der Waals surface area contributed by atoms with Crippen molar-refractivity contribution >= 4 is 5.69 Å². The highest BCUT2D eigenvalue weighted by atomic mass is 16.5. The largest absolute Gasteiger partial charge is 0.497 e. The predicted octanol–water partition coefficient (Wildman–Crippen LogP) is 2.64. The van der Waals surface area contributed by atoms with Crippen molar-refractivity contribution in [3.63, 3.8) is 0 Å². The van der Waals surface area contributed by atoms with Crippen LogP contribution in [0.2, 0.25) is 0 Å². The quantitative estimate of drug-likeness (QED) is 0.695. The van der Waals surface area contributed by atoms with Crippen LogP contribution in [0.5, 0.6) is 23.0 Å². The van der Waals surface area contributed by atoms with Gasteiger partial charge in [0.2, 0.25) is 0 Å². The van der Waals surface area contributed by atoms with E-state index in [-0.39, 0.29) is 0 Å². The van der Waals surface area contributed by atoms with Crippen molar-refractivity contribution < 1.29 is 18.9 Å². The van der Waals surface area contributed by atoms with E-state index in [0.29, 0.717) is 35.2 Å². The number of ether oxygens (including phenoxy) is 4. The highest BCUT2D eigenvalue weighted by molar-refractivity contribution is 5.61. The number of hydrogen-bond donors (Lipinski definition) is 3. The monoisotopic (exact) mass is 406 g/mol. The van der Waals surface area contributed by atoms with Crippen LogP contribution in [0.4, 0.5) is 5.69 Å². The Balaban J connectivity index is 1.79. The smallest absolute Gasteiger partial charge is 0.295 e. The lowest BCUT2D eigenvalue weighted by atomic mass is 9.88. The van der Waals surface area contributed by atoms with Gasteiger partial charge >= 0.3 is 0 Å². The standard InChI is InChI=1S/C22H22N4O4/c1-27-15-6-4-14(5-7-15)25-17-10-21(24)26-22(12-23)16(17)8-13-9-19(28-2)20(29-3)11-18(13)30-22/h4-7,9-11,25-26H,8,24H2,1-3H3. The molecule has 0 amide bonds. The Labute approximate surface area is 174 Å². The fraction of sp³-hybridized carbons (Fsp3) is 0.227. The first kappa shape index (κ1) is 19.3. The molecule has 0 bridgehead atoms. The molecule has 0 saturated carbocycles. The number of rotatable bonds is 5. The van der Waals surface area contributed by atoms with Gasteiger partial charge in [-0.3, -0.25) is 0 Å². The van der Waals surface area contributed by atoms with Gasteiger partial charge in [-0.2, -0.15) is 5.26 Å². The fourth-order valence-electron chi connectivity index (χ4n) is 3.60. The number of nitrogens with two attached hydrogens (primary N) is 1. The molecule has 2 heterocycles. The first-order valence-electron chi connectivity index (χ1n) is 9.27. The van der Waals surface area contributed by atoms with Crippen LogP contribution in [0, 0.1) is 11.3 Å². The molecular formula is C22H22N4O4. The average Bonchev–Trinajstić information content (AvgIpc) is 2.77. The molecule has 0 aliphatic carbocycles. The predicted molar refractivity (Wildman–Crippen MR) is 111 cm³/mol. The summed E-state index contributed by atoms with van der Waals surface area (Å²) in [5, 5.41) is 16.4. The maximum absolute atomic E-state index is 10.0. The third-order valence-corrected chi connectivity index (χ3v) is 5.09. The van der Waals surface area contributed by atoms with Crippen molar-refractivity contribution in [3.05, 3.63) is 65.1 Å². The summed E-state index contributed by atoms with van der Waals surface area (Å²) in [4.78, 5) is 0. The van der Waals surface area contributed by atoms with Crippen molar-refractivity contribution in [2.24, 2.45) is 5.73 Å². The van der Waals surface area contributed by atoms with E-state index in [1.807, 2.05) is 30.3 Å². The third-order valence-electron chi connectivity index (χ3n) is 5.09. The number of nitrogens with one attached hydrogen (secondary N) is 2. The summed E-state index contributed by atoms with van der Waals surface area (Å²) in [6.45, 7) is 0. The van der Waals surface area contributed by atoms with Crippen LogP contribution in [-0.2, 0) is 6.42 Å². The summed E-state index contributed by atoms with van der Waals surface area (Å²) in [5.41, 5.74) is 7.78. The molecule has 154 valence electrons. The molecule has 8 heteroatoms. The first-order chi connectivity index (χ1) is 14.5. The van der Waals surface area contributed by atoms with Crippen LogP contribution in [0.25, 0.3) is 0 Å². The first-order valence-corrected chi connectivity index (χ1v) is 9.27. The number of dihydropyridines is 1. The van der Waals surface area contributed by atoms with Crippen molar-refractivity contribution in [2.45, 2.75) is 12.1 Å². The van der Waals surface area contributed by atoms with Gasteiger partial charge in [-0.25, -0.2) is 0 Å². The number of nitrogens with zero attached hydrogens (tertiary/aromatic N) is 1. The average molecular weight is 406 g/mol.